The Morgan fingerprint density at radius 2 is 2.29 bits per heavy atom. The molecule has 5 nitrogen and oxygen atoms in total. The van der Waals surface area contributed by atoms with E-state index >= 15 is 0 Å². The second-order valence-electron chi connectivity index (χ2n) is 5.10. The Hall–Kier alpha value is -1.37. The first-order valence-corrected chi connectivity index (χ1v) is 8.80. The highest BCUT2D eigenvalue weighted by Crippen LogP contribution is 2.33. The number of sulfone groups is 1. The van der Waals surface area contributed by atoms with E-state index < -0.39 is 9.84 Å². The van der Waals surface area contributed by atoms with Gasteiger partial charge < -0.3 is 9.88 Å². The zero-order valence-electron chi connectivity index (χ0n) is 11.4. The molecule has 0 saturated heterocycles. The molecule has 0 fully saturated rings. The molecule has 0 unspecified atom stereocenters. The van der Waals surface area contributed by atoms with Gasteiger partial charge in [0.25, 0.3) is 0 Å². The molecule has 0 bridgehead atoms. The number of aromatic nitrogens is 2. The summed E-state index contributed by atoms with van der Waals surface area (Å²) < 4.78 is 26.2. The molecule has 7 heteroatoms. The molecule has 1 N–H and O–H groups in total. The molecule has 0 aliphatic carbocycles. The number of fused-ring (bicyclic) bond motifs is 1. The molecule has 2 heterocycles. The van der Waals surface area contributed by atoms with Crippen LogP contribution in [-0.2, 0) is 16.4 Å². The predicted molar refractivity (Wildman–Crippen MR) is 81.1 cm³/mol. The van der Waals surface area contributed by atoms with E-state index in [1.54, 1.807) is 30.7 Å². The molecular formula is C14H16ClN3O2S. The van der Waals surface area contributed by atoms with Crippen LogP contribution in [0.15, 0.2) is 41.8 Å². The van der Waals surface area contributed by atoms with Gasteiger partial charge in [-0.25, -0.2) is 13.4 Å². The predicted octanol–water partition coefficient (Wildman–Crippen LogP) is 2.04. The lowest BCUT2D eigenvalue weighted by molar-refractivity contribution is 0.473. The van der Waals surface area contributed by atoms with Crippen molar-refractivity contribution in [3.8, 4) is 0 Å². The van der Waals surface area contributed by atoms with Crippen molar-refractivity contribution in [1.29, 1.82) is 0 Å². The van der Waals surface area contributed by atoms with Crippen molar-refractivity contribution in [3.05, 3.63) is 47.5 Å². The first-order valence-electron chi connectivity index (χ1n) is 6.77. The summed E-state index contributed by atoms with van der Waals surface area (Å²) >= 11 is 6.02. The molecule has 1 atom stereocenters. The molecule has 1 aromatic heterocycles. The molecule has 0 amide bonds. The number of imidazole rings is 1. The minimum atomic E-state index is -3.17. The van der Waals surface area contributed by atoms with Crippen LogP contribution in [0.5, 0.6) is 0 Å². The van der Waals surface area contributed by atoms with Crippen molar-refractivity contribution in [2.24, 2.45) is 0 Å². The number of benzene rings is 1. The van der Waals surface area contributed by atoms with Crippen LogP contribution in [0.1, 0.15) is 18.0 Å². The molecular weight excluding hydrogens is 310 g/mol. The van der Waals surface area contributed by atoms with E-state index in [4.69, 9.17) is 11.6 Å². The molecule has 2 aromatic rings. The Kier molecular flexibility index (Phi) is 4.01. The molecule has 0 spiro atoms. The second-order valence-corrected chi connectivity index (χ2v) is 7.61. The minimum absolute atomic E-state index is 0.0192. The fourth-order valence-electron chi connectivity index (χ4n) is 2.61. The summed E-state index contributed by atoms with van der Waals surface area (Å²) in [6.07, 6.45) is 5.97. The molecule has 1 aliphatic heterocycles. The highest BCUT2D eigenvalue weighted by molar-refractivity contribution is 7.91. The van der Waals surface area contributed by atoms with Gasteiger partial charge in [0.15, 0.2) is 9.84 Å². The third-order valence-electron chi connectivity index (χ3n) is 3.68. The molecule has 112 valence electrons. The molecule has 1 aliphatic rings. The molecule has 21 heavy (non-hydrogen) atoms. The number of halogens is 1. The first-order chi connectivity index (χ1) is 10.1. The lowest BCUT2D eigenvalue weighted by Gasteiger charge is -2.26. The van der Waals surface area contributed by atoms with E-state index in [-0.39, 0.29) is 11.8 Å². The maximum Gasteiger partial charge on any atom is 0.178 e. The van der Waals surface area contributed by atoms with Gasteiger partial charge in [-0.15, -0.1) is 0 Å². The van der Waals surface area contributed by atoms with E-state index in [1.165, 1.54) is 0 Å². The Morgan fingerprint density at radius 1 is 1.43 bits per heavy atom. The largest absolute Gasteiger partial charge is 0.336 e. The van der Waals surface area contributed by atoms with Crippen LogP contribution < -0.4 is 5.32 Å². The van der Waals surface area contributed by atoms with Crippen molar-refractivity contribution in [2.45, 2.75) is 23.9 Å². The lowest BCUT2D eigenvalue weighted by Crippen LogP contribution is -2.31. The summed E-state index contributed by atoms with van der Waals surface area (Å²) in [5, 5.41) is 3.97. The van der Waals surface area contributed by atoms with Crippen LogP contribution in [0.3, 0.4) is 0 Å². The van der Waals surface area contributed by atoms with E-state index in [9.17, 15) is 8.42 Å². The Bertz CT molecular complexity index is 729. The highest BCUT2D eigenvalue weighted by Gasteiger charge is 2.29. The van der Waals surface area contributed by atoms with Gasteiger partial charge >= 0.3 is 0 Å². The van der Waals surface area contributed by atoms with Crippen molar-refractivity contribution >= 4 is 21.4 Å². The fraction of sp³-hybridized carbons (Fsp3) is 0.357. The first kappa shape index (κ1) is 14.6. The lowest BCUT2D eigenvalue weighted by atomic mass is 10.0. The van der Waals surface area contributed by atoms with E-state index in [2.05, 4.69) is 10.3 Å². The fourth-order valence-corrected chi connectivity index (χ4v) is 4.39. The van der Waals surface area contributed by atoms with E-state index in [1.807, 2.05) is 10.8 Å². The SMILES string of the molecule is O=S1(=O)CC[C@@H](NCCn2ccnc2)c2cc(Cl)ccc21. The third kappa shape index (κ3) is 3.12. The maximum absolute atomic E-state index is 12.1. The normalized spacial score (nSPS) is 20.1. The monoisotopic (exact) mass is 325 g/mol. The Labute approximate surface area is 128 Å². The van der Waals surface area contributed by atoms with Crippen molar-refractivity contribution in [3.63, 3.8) is 0 Å². The van der Waals surface area contributed by atoms with E-state index in [0.29, 0.717) is 16.3 Å². The summed E-state index contributed by atoms with van der Waals surface area (Å²) in [6.45, 7) is 1.53. The van der Waals surface area contributed by atoms with Gasteiger partial charge in [-0.2, -0.15) is 0 Å². The smallest absolute Gasteiger partial charge is 0.178 e. The Balaban J connectivity index is 1.76. The van der Waals surface area contributed by atoms with Gasteiger partial charge in [-0.05, 0) is 30.2 Å². The van der Waals surface area contributed by atoms with Crippen molar-refractivity contribution in [2.75, 3.05) is 12.3 Å². The van der Waals surface area contributed by atoms with Crippen molar-refractivity contribution < 1.29 is 8.42 Å². The van der Waals surface area contributed by atoms with Crippen LogP contribution in [0.25, 0.3) is 0 Å². The third-order valence-corrected chi connectivity index (χ3v) is 5.73. The van der Waals surface area contributed by atoms with Gasteiger partial charge in [0.05, 0.1) is 17.0 Å². The molecule has 0 saturated carbocycles. The molecule has 0 radical (unpaired) electrons. The standard InChI is InChI=1S/C14H16ClN3O2S/c15-11-1-2-14-12(9-11)13(3-8-21(14,19)20)17-5-7-18-6-4-16-10-18/h1-2,4,6,9-10,13,17H,3,5,7-8H2/t13-/m1/s1. The zero-order valence-corrected chi connectivity index (χ0v) is 12.9. The minimum Gasteiger partial charge on any atom is -0.336 e. The van der Waals surface area contributed by atoms with Gasteiger partial charge in [0.1, 0.15) is 0 Å². The quantitative estimate of drug-likeness (QED) is 0.934. The number of rotatable bonds is 4. The number of hydrogen-bond acceptors (Lipinski definition) is 4. The van der Waals surface area contributed by atoms with Crippen LogP contribution in [0.2, 0.25) is 5.02 Å². The van der Waals surface area contributed by atoms with E-state index in [0.717, 1.165) is 18.7 Å². The van der Waals surface area contributed by atoms with Crippen LogP contribution in [0.4, 0.5) is 0 Å². The summed E-state index contributed by atoms with van der Waals surface area (Å²) in [7, 11) is -3.17. The summed E-state index contributed by atoms with van der Waals surface area (Å²) in [5.41, 5.74) is 0.777. The average molecular weight is 326 g/mol. The summed E-state index contributed by atoms with van der Waals surface area (Å²) in [6, 6.07) is 5.01. The number of nitrogens with zero attached hydrogens (tertiary/aromatic N) is 2. The van der Waals surface area contributed by atoms with Gasteiger partial charge in [0, 0.05) is 36.5 Å². The Morgan fingerprint density at radius 3 is 3.05 bits per heavy atom. The van der Waals surface area contributed by atoms with Gasteiger partial charge in [-0.3, -0.25) is 0 Å². The molecule has 3 rings (SSSR count). The maximum atomic E-state index is 12.1. The number of hydrogen-bond donors (Lipinski definition) is 1. The number of nitrogens with one attached hydrogen (secondary N) is 1. The summed E-state index contributed by atoms with van der Waals surface area (Å²) in [4.78, 5) is 4.39. The van der Waals surface area contributed by atoms with Crippen molar-refractivity contribution in [1.82, 2.24) is 14.9 Å². The molecule has 1 aromatic carbocycles. The topological polar surface area (TPSA) is 64.0 Å². The zero-order chi connectivity index (χ0) is 14.9. The average Bonchev–Trinajstić information content (AvgIpc) is 2.94. The van der Waals surface area contributed by atoms with Gasteiger partial charge in [0.2, 0.25) is 0 Å². The second kappa shape index (κ2) is 5.79. The van der Waals surface area contributed by atoms with Gasteiger partial charge in [-0.1, -0.05) is 11.6 Å². The van der Waals surface area contributed by atoms with Crippen LogP contribution in [-0.4, -0.2) is 30.3 Å². The van der Waals surface area contributed by atoms with Crippen LogP contribution in [0, 0.1) is 0 Å². The highest BCUT2D eigenvalue weighted by atomic mass is 35.5. The van der Waals surface area contributed by atoms with Crippen LogP contribution >= 0.6 is 11.6 Å². The summed E-state index contributed by atoms with van der Waals surface area (Å²) in [5.74, 6) is 0.171.